The molecule has 0 atom stereocenters. The van der Waals surface area contributed by atoms with E-state index in [9.17, 15) is 18.0 Å². The molecule has 1 aromatic heterocycles. The number of sulfonamides is 1. The molecule has 4 N–H and O–H groups in total. The van der Waals surface area contributed by atoms with Crippen LogP contribution < -0.4 is 20.3 Å². The molecular formula is C24H28N4O6S2. The molecule has 0 aliphatic carbocycles. The average molecular weight is 533 g/mol. The minimum Gasteiger partial charge on any atom is -0.495 e. The van der Waals surface area contributed by atoms with E-state index >= 15 is 0 Å². The standard InChI is InChI=1S/C24H28N4O6S2/c1-4-5-6-21(29)27-24-26-15(2)22(35-24)18-11-12-19(34-3)20(13-18)36(32,33)25-14-16-7-9-17(10-8-16)23(30)28-31/h7-13,25,31H,4-6,14H2,1-3H3,(H,28,30)(H,26,27,29). The van der Waals surface area contributed by atoms with Gasteiger partial charge in [-0.15, -0.1) is 0 Å². The first kappa shape index (κ1) is 27.3. The largest absolute Gasteiger partial charge is 0.495 e. The molecular weight excluding hydrogens is 504 g/mol. The third-order valence-corrected chi connectivity index (χ3v) is 7.84. The molecule has 3 aromatic rings. The third kappa shape index (κ3) is 6.66. The van der Waals surface area contributed by atoms with Crippen LogP contribution in [0.5, 0.6) is 5.75 Å². The first-order chi connectivity index (χ1) is 17.2. The van der Waals surface area contributed by atoms with Crippen LogP contribution >= 0.6 is 11.3 Å². The number of amides is 2. The normalized spacial score (nSPS) is 11.2. The van der Waals surface area contributed by atoms with Crippen LogP contribution in [0.25, 0.3) is 10.4 Å². The van der Waals surface area contributed by atoms with Crippen molar-refractivity contribution in [3.63, 3.8) is 0 Å². The van der Waals surface area contributed by atoms with Gasteiger partial charge in [0.05, 0.1) is 17.7 Å². The van der Waals surface area contributed by atoms with Crippen molar-refractivity contribution in [3.05, 3.63) is 59.3 Å². The lowest BCUT2D eigenvalue weighted by Gasteiger charge is -2.12. The van der Waals surface area contributed by atoms with Gasteiger partial charge >= 0.3 is 0 Å². The predicted octanol–water partition coefficient (Wildman–Crippen LogP) is 3.85. The number of unbranched alkanes of at least 4 members (excludes halogenated alkanes) is 1. The van der Waals surface area contributed by atoms with Gasteiger partial charge in [0.25, 0.3) is 5.91 Å². The van der Waals surface area contributed by atoms with Crippen molar-refractivity contribution in [2.45, 2.75) is 44.6 Å². The fourth-order valence-electron chi connectivity index (χ4n) is 3.36. The van der Waals surface area contributed by atoms with E-state index in [1.807, 2.05) is 6.92 Å². The van der Waals surface area contributed by atoms with E-state index in [0.29, 0.717) is 28.4 Å². The molecule has 0 radical (unpaired) electrons. The van der Waals surface area contributed by atoms with Crippen molar-refractivity contribution in [1.29, 1.82) is 0 Å². The molecule has 0 bridgehead atoms. The number of methoxy groups -OCH3 is 1. The summed E-state index contributed by atoms with van der Waals surface area (Å²) in [6, 6.07) is 10.9. The lowest BCUT2D eigenvalue weighted by Crippen LogP contribution is -2.24. The monoisotopic (exact) mass is 532 g/mol. The van der Waals surface area contributed by atoms with Crippen molar-refractivity contribution in [3.8, 4) is 16.2 Å². The first-order valence-electron chi connectivity index (χ1n) is 11.2. The van der Waals surface area contributed by atoms with Crippen LogP contribution in [-0.4, -0.2) is 37.5 Å². The van der Waals surface area contributed by atoms with Crippen LogP contribution in [0.2, 0.25) is 0 Å². The lowest BCUT2D eigenvalue weighted by molar-refractivity contribution is -0.116. The number of hydroxylamine groups is 1. The zero-order valence-corrected chi connectivity index (χ0v) is 21.8. The fourth-order valence-corrected chi connectivity index (χ4v) is 5.55. The number of hydrogen-bond donors (Lipinski definition) is 4. The zero-order valence-electron chi connectivity index (χ0n) is 20.1. The van der Waals surface area contributed by atoms with Crippen molar-refractivity contribution in [2.75, 3.05) is 12.4 Å². The highest BCUT2D eigenvalue weighted by atomic mass is 32.2. The molecule has 192 valence electrons. The number of benzene rings is 2. The van der Waals surface area contributed by atoms with Gasteiger partial charge in [-0.05, 0) is 54.8 Å². The number of carbonyl (C=O) groups is 2. The topological polar surface area (TPSA) is 147 Å². The molecule has 0 spiro atoms. The quantitative estimate of drug-likeness (QED) is 0.217. The van der Waals surface area contributed by atoms with Crippen molar-refractivity contribution >= 4 is 38.3 Å². The van der Waals surface area contributed by atoms with Gasteiger partial charge in [-0.25, -0.2) is 23.6 Å². The summed E-state index contributed by atoms with van der Waals surface area (Å²) in [5.74, 6) is -0.591. The van der Waals surface area contributed by atoms with Gasteiger partial charge < -0.3 is 10.1 Å². The molecule has 2 amide bonds. The maximum atomic E-state index is 13.2. The number of anilines is 1. The number of hydrogen-bond acceptors (Lipinski definition) is 8. The van der Waals surface area contributed by atoms with Gasteiger partial charge in [-0.3, -0.25) is 14.8 Å². The fraction of sp³-hybridized carbons (Fsp3) is 0.292. The maximum absolute atomic E-state index is 13.2. The Morgan fingerprint density at radius 1 is 1.14 bits per heavy atom. The molecule has 2 aromatic carbocycles. The highest BCUT2D eigenvalue weighted by Gasteiger charge is 2.22. The summed E-state index contributed by atoms with van der Waals surface area (Å²) >= 11 is 1.27. The van der Waals surface area contributed by atoms with Crippen LogP contribution in [0.15, 0.2) is 47.4 Å². The highest BCUT2D eigenvalue weighted by Crippen LogP contribution is 2.36. The smallest absolute Gasteiger partial charge is 0.274 e. The second-order valence-electron chi connectivity index (χ2n) is 7.91. The Labute approximate surface area is 213 Å². The molecule has 10 nitrogen and oxygen atoms in total. The van der Waals surface area contributed by atoms with Crippen molar-refractivity contribution in [2.24, 2.45) is 0 Å². The van der Waals surface area contributed by atoms with Crippen LogP contribution in [0.1, 0.15) is 47.8 Å². The van der Waals surface area contributed by atoms with Gasteiger partial charge in [0.1, 0.15) is 10.6 Å². The van der Waals surface area contributed by atoms with Gasteiger partial charge in [-0.2, -0.15) is 0 Å². The Morgan fingerprint density at radius 3 is 2.50 bits per heavy atom. The summed E-state index contributed by atoms with van der Waals surface area (Å²) < 4.78 is 34.2. The summed E-state index contributed by atoms with van der Waals surface area (Å²) in [7, 11) is -2.59. The van der Waals surface area contributed by atoms with Crippen LogP contribution in [-0.2, 0) is 21.4 Å². The number of aryl methyl sites for hydroxylation is 1. The van der Waals surface area contributed by atoms with Gasteiger partial charge in [0.15, 0.2) is 5.13 Å². The molecule has 1 heterocycles. The van der Waals surface area contributed by atoms with E-state index in [-0.39, 0.29) is 28.7 Å². The van der Waals surface area contributed by atoms with E-state index in [0.717, 1.165) is 17.7 Å². The number of nitrogens with one attached hydrogen (secondary N) is 3. The molecule has 0 saturated carbocycles. The lowest BCUT2D eigenvalue weighted by atomic mass is 10.1. The first-order valence-corrected chi connectivity index (χ1v) is 13.5. The van der Waals surface area contributed by atoms with E-state index in [2.05, 4.69) is 15.0 Å². The SMILES string of the molecule is CCCCC(=O)Nc1nc(C)c(-c2ccc(OC)c(S(=O)(=O)NCc3ccc(C(=O)NO)cc3)c2)s1. The zero-order chi connectivity index (χ0) is 26.3. The molecule has 0 unspecified atom stereocenters. The number of nitrogens with zero attached hydrogens (tertiary/aromatic N) is 1. The summed E-state index contributed by atoms with van der Waals surface area (Å²) in [5, 5.41) is 12.0. The van der Waals surface area contributed by atoms with E-state index < -0.39 is 15.9 Å². The van der Waals surface area contributed by atoms with Gasteiger partial charge in [-0.1, -0.05) is 36.8 Å². The summed E-state index contributed by atoms with van der Waals surface area (Å²) in [5.41, 5.74) is 3.69. The number of aromatic nitrogens is 1. The summed E-state index contributed by atoms with van der Waals surface area (Å²) in [6.45, 7) is 3.78. The Kier molecular flexibility index (Phi) is 9.15. The van der Waals surface area contributed by atoms with E-state index in [1.165, 1.54) is 36.6 Å². The molecule has 0 fully saturated rings. The second-order valence-corrected chi connectivity index (χ2v) is 10.6. The number of ether oxygens (including phenoxy) is 1. The molecule has 0 aliphatic heterocycles. The third-order valence-electron chi connectivity index (χ3n) is 5.30. The number of rotatable bonds is 11. The Bertz CT molecular complexity index is 1340. The number of thiazole rings is 1. The van der Waals surface area contributed by atoms with Crippen LogP contribution in [0.4, 0.5) is 5.13 Å². The summed E-state index contributed by atoms with van der Waals surface area (Å²) in [6.07, 6.45) is 2.12. The van der Waals surface area contributed by atoms with Crippen LogP contribution in [0, 0.1) is 6.92 Å². The van der Waals surface area contributed by atoms with Crippen molar-refractivity contribution < 1.29 is 28.0 Å². The van der Waals surface area contributed by atoms with E-state index in [4.69, 9.17) is 9.94 Å². The van der Waals surface area contributed by atoms with Crippen molar-refractivity contribution in [1.82, 2.24) is 15.2 Å². The van der Waals surface area contributed by atoms with Gasteiger partial charge in [0, 0.05) is 18.5 Å². The maximum Gasteiger partial charge on any atom is 0.274 e. The molecule has 0 aliphatic rings. The highest BCUT2D eigenvalue weighted by molar-refractivity contribution is 7.89. The molecule has 0 saturated heterocycles. The minimum absolute atomic E-state index is 0.0235. The molecule has 36 heavy (non-hydrogen) atoms. The number of carbonyl (C=O) groups excluding carboxylic acids is 2. The Morgan fingerprint density at radius 2 is 1.86 bits per heavy atom. The van der Waals surface area contributed by atoms with E-state index in [1.54, 1.807) is 36.7 Å². The molecule has 3 rings (SSSR count). The predicted molar refractivity (Wildman–Crippen MR) is 137 cm³/mol. The van der Waals surface area contributed by atoms with Gasteiger partial charge in [0.2, 0.25) is 15.9 Å². The minimum atomic E-state index is -3.98. The Hall–Kier alpha value is -3.32. The Balaban J connectivity index is 1.82. The molecule has 12 heteroatoms. The average Bonchev–Trinajstić information content (AvgIpc) is 3.25. The summed E-state index contributed by atoms with van der Waals surface area (Å²) in [4.78, 5) is 28.6. The second kappa shape index (κ2) is 12.1. The van der Waals surface area contributed by atoms with Crippen LogP contribution in [0.3, 0.4) is 0 Å².